The van der Waals surface area contributed by atoms with Crippen molar-refractivity contribution in [2.75, 3.05) is 32.5 Å². The Morgan fingerprint density at radius 2 is 1.93 bits per heavy atom. The van der Waals surface area contributed by atoms with Gasteiger partial charge in [-0.15, -0.1) is 0 Å². The third-order valence-electron chi connectivity index (χ3n) is 8.64. The van der Waals surface area contributed by atoms with E-state index in [0.717, 1.165) is 25.7 Å². The molecule has 0 spiro atoms. The lowest BCUT2D eigenvalue weighted by Crippen LogP contribution is -2.43. The van der Waals surface area contributed by atoms with Gasteiger partial charge in [0, 0.05) is 39.0 Å². The van der Waals surface area contributed by atoms with E-state index in [9.17, 15) is 24.6 Å². The molecule has 5 heterocycles. The van der Waals surface area contributed by atoms with E-state index in [0.29, 0.717) is 32.4 Å². The number of piperidine rings is 1. The average molecular weight is 597 g/mol. The normalized spacial score (nSPS) is 27.8. The number of nitrogens with two attached hydrogens (primary N) is 1. The van der Waals surface area contributed by atoms with Crippen LogP contribution in [0.2, 0.25) is 0 Å². The molecule has 3 aliphatic heterocycles. The molecule has 1 saturated carbocycles. The van der Waals surface area contributed by atoms with E-state index in [1.807, 2.05) is 0 Å². The number of imidazole rings is 1. The van der Waals surface area contributed by atoms with Gasteiger partial charge in [-0.3, -0.25) is 14.2 Å². The zero-order chi connectivity index (χ0) is 30.2. The predicted octanol–water partition coefficient (Wildman–Crippen LogP) is -0.483. The molecule has 15 nitrogen and oxygen atoms in total. The van der Waals surface area contributed by atoms with Crippen LogP contribution in [-0.4, -0.2) is 115 Å². The Balaban J connectivity index is 1.04. The van der Waals surface area contributed by atoms with Crippen LogP contribution in [0, 0.1) is 17.8 Å². The summed E-state index contributed by atoms with van der Waals surface area (Å²) >= 11 is 0. The van der Waals surface area contributed by atoms with E-state index in [-0.39, 0.29) is 59.4 Å². The molecule has 5 atom stereocenters. The quantitative estimate of drug-likeness (QED) is 0.314. The Morgan fingerprint density at radius 1 is 1.16 bits per heavy atom. The number of aliphatic hydroxyl groups excluding tert-OH is 2. The molecule has 43 heavy (non-hydrogen) atoms. The van der Waals surface area contributed by atoms with Gasteiger partial charge in [0.2, 0.25) is 11.7 Å². The highest BCUT2D eigenvalue weighted by molar-refractivity contribution is 5.83. The Bertz CT molecular complexity index is 1460. The highest BCUT2D eigenvalue weighted by atomic mass is 16.6. The fraction of sp³-hybridized carbons (Fsp3) is 0.643. The summed E-state index contributed by atoms with van der Waals surface area (Å²) in [6, 6.07) is 0.0187. The van der Waals surface area contributed by atoms with Crippen molar-refractivity contribution in [1.82, 2.24) is 34.6 Å². The summed E-state index contributed by atoms with van der Waals surface area (Å²) in [5, 5.41) is 24.0. The summed E-state index contributed by atoms with van der Waals surface area (Å²) in [7, 11) is 1.73. The molecule has 0 bridgehead atoms. The van der Waals surface area contributed by atoms with Crippen LogP contribution < -0.4 is 11.1 Å². The van der Waals surface area contributed by atoms with Gasteiger partial charge < -0.3 is 40.5 Å². The van der Waals surface area contributed by atoms with E-state index < -0.39 is 30.4 Å². The number of anilines is 1. The number of ether oxygens (including phenoxy) is 2. The third kappa shape index (κ3) is 6.08. The number of nitrogen functional groups attached to an aromatic ring is 1. The zero-order valence-corrected chi connectivity index (χ0v) is 23.9. The molecule has 3 amide bonds. The van der Waals surface area contributed by atoms with E-state index in [1.54, 1.807) is 16.8 Å². The lowest BCUT2D eigenvalue weighted by atomic mass is 9.94. The predicted molar refractivity (Wildman–Crippen MR) is 150 cm³/mol. The molecule has 5 N–H and O–H groups in total. The summed E-state index contributed by atoms with van der Waals surface area (Å²) in [6.07, 6.45) is 0.931. The number of fused-ring (bicyclic) bond motifs is 1. The number of carbonyl (C=O) groups is 3. The van der Waals surface area contributed by atoms with Crippen molar-refractivity contribution >= 4 is 34.9 Å². The van der Waals surface area contributed by atoms with Crippen LogP contribution in [0.1, 0.15) is 57.0 Å². The lowest BCUT2D eigenvalue weighted by molar-refractivity contribution is -0.137. The number of aromatic nitrogens is 4. The van der Waals surface area contributed by atoms with Crippen LogP contribution in [0.3, 0.4) is 0 Å². The molecule has 6 rings (SSSR count). The molecule has 3 saturated heterocycles. The van der Waals surface area contributed by atoms with Crippen molar-refractivity contribution in [2.45, 2.75) is 81.6 Å². The Morgan fingerprint density at radius 3 is 2.63 bits per heavy atom. The monoisotopic (exact) mass is 596 g/mol. The first kappa shape index (κ1) is 29.1. The standard InChI is InChI=1S/C28H36N8O7/c1-34-17(7-8-19(34)37)13-42-28(41)35-11-9-15(10-12-35)3-2-4-18-32-24(29)20-25(33-18)36(14-30-20)27-22(39)21(38)23(43-27)26(40)31-16-5-6-16/h14-17,21-23,27,38-39H,3,5-13H2,1H3,(H,31,40)(H2,29,32,33). The van der Waals surface area contributed by atoms with Crippen molar-refractivity contribution < 1.29 is 34.1 Å². The van der Waals surface area contributed by atoms with Crippen LogP contribution in [0.5, 0.6) is 0 Å². The zero-order valence-electron chi connectivity index (χ0n) is 23.9. The van der Waals surface area contributed by atoms with Crippen molar-refractivity contribution in [3.63, 3.8) is 0 Å². The molecule has 15 heteroatoms. The molecule has 5 unspecified atom stereocenters. The molecule has 1 aliphatic carbocycles. The van der Waals surface area contributed by atoms with Crippen LogP contribution in [-0.2, 0) is 19.1 Å². The second-order valence-electron chi connectivity index (χ2n) is 11.7. The first-order chi connectivity index (χ1) is 20.7. The maximum atomic E-state index is 12.5. The summed E-state index contributed by atoms with van der Waals surface area (Å²) in [5.41, 5.74) is 6.67. The van der Waals surface area contributed by atoms with Crippen LogP contribution in [0.4, 0.5) is 10.6 Å². The van der Waals surface area contributed by atoms with Gasteiger partial charge in [-0.1, -0.05) is 5.92 Å². The second-order valence-corrected chi connectivity index (χ2v) is 11.7. The number of likely N-dealkylation sites (tertiary alicyclic amines) is 2. The topological polar surface area (TPSA) is 198 Å². The first-order valence-electron chi connectivity index (χ1n) is 14.7. The molecular weight excluding hydrogens is 560 g/mol. The number of nitrogens with zero attached hydrogens (tertiary/aromatic N) is 6. The SMILES string of the molecule is CN1C(=O)CCC1COC(=O)N1CCC(CC#Cc2nc(N)c3ncn(C4OC(C(=O)NC5CC5)C(O)C4O)c3n2)CC1. The van der Waals surface area contributed by atoms with E-state index in [1.165, 1.54) is 10.9 Å². The maximum Gasteiger partial charge on any atom is 0.409 e. The van der Waals surface area contributed by atoms with Crippen molar-refractivity contribution in [3.8, 4) is 11.8 Å². The number of amides is 3. The molecule has 4 aliphatic rings. The van der Waals surface area contributed by atoms with Gasteiger partial charge in [-0.2, -0.15) is 0 Å². The van der Waals surface area contributed by atoms with Crippen LogP contribution in [0.15, 0.2) is 6.33 Å². The molecule has 0 radical (unpaired) electrons. The first-order valence-corrected chi connectivity index (χ1v) is 14.7. The number of nitrogens with one attached hydrogen (secondary N) is 1. The third-order valence-corrected chi connectivity index (χ3v) is 8.64. The number of hydrogen-bond donors (Lipinski definition) is 4. The largest absolute Gasteiger partial charge is 0.447 e. The number of hydrogen-bond acceptors (Lipinski definition) is 11. The van der Waals surface area contributed by atoms with Crippen LogP contribution >= 0.6 is 0 Å². The second kappa shape index (κ2) is 11.9. The van der Waals surface area contributed by atoms with E-state index in [4.69, 9.17) is 15.2 Å². The van der Waals surface area contributed by atoms with Crippen molar-refractivity contribution in [1.29, 1.82) is 0 Å². The van der Waals surface area contributed by atoms with Gasteiger partial charge in [-0.25, -0.2) is 19.7 Å². The van der Waals surface area contributed by atoms with E-state index >= 15 is 0 Å². The highest BCUT2D eigenvalue weighted by Crippen LogP contribution is 2.33. The number of rotatable bonds is 6. The smallest absolute Gasteiger partial charge is 0.409 e. The Kier molecular flexibility index (Phi) is 8.08. The number of likely N-dealkylation sites (N-methyl/N-ethyl adjacent to an activating group) is 1. The van der Waals surface area contributed by atoms with Crippen LogP contribution in [0.25, 0.3) is 11.2 Å². The fourth-order valence-electron chi connectivity index (χ4n) is 5.71. The van der Waals surface area contributed by atoms with Gasteiger partial charge in [-0.05, 0) is 43.9 Å². The molecule has 2 aromatic heterocycles. The minimum absolute atomic E-state index is 0.0592. The van der Waals surface area contributed by atoms with Gasteiger partial charge in [0.1, 0.15) is 24.3 Å². The minimum Gasteiger partial charge on any atom is -0.447 e. The van der Waals surface area contributed by atoms with Gasteiger partial charge in [0.05, 0.1) is 12.4 Å². The van der Waals surface area contributed by atoms with Crippen molar-refractivity contribution in [3.05, 3.63) is 12.2 Å². The van der Waals surface area contributed by atoms with Gasteiger partial charge in [0.15, 0.2) is 23.8 Å². The molecule has 0 aromatic carbocycles. The van der Waals surface area contributed by atoms with E-state index in [2.05, 4.69) is 32.1 Å². The lowest BCUT2D eigenvalue weighted by Gasteiger charge is -2.31. The fourth-order valence-corrected chi connectivity index (χ4v) is 5.71. The minimum atomic E-state index is -1.42. The Hall–Kier alpha value is -4.00. The average Bonchev–Trinajstić information content (AvgIpc) is 3.51. The summed E-state index contributed by atoms with van der Waals surface area (Å²) < 4.78 is 12.7. The highest BCUT2D eigenvalue weighted by Gasteiger charge is 2.48. The Labute approximate surface area is 247 Å². The van der Waals surface area contributed by atoms with Gasteiger partial charge in [0.25, 0.3) is 5.91 Å². The molecule has 2 aromatic rings. The molecular formula is C28H36N8O7. The van der Waals surface area contributed by atoms with Gasteiger partial charge >= 0.3 is 6.09 Å². The summed E-state index contributed by atoms with van der Waals surface area (Å²) in [6.45, 7) is 1.34. The summed E-state index contributed by atoms with van der Waals surface area (Å²) in [4.78, 5) is 53.0. The number of carbonyl (C=O) groups excluding carboxylic acids is 3. The summed E-state index contributed by atoms with van der Waals surface area (Å²) in [5.74, 6) is 6.22. The maximum absolute atomic E-state index is 12.5. The molecule has 230 valence electrons. The number of aliphatic hydroxyl groups is 2. The van der Waals surface area contributed by atoms with Crippen molar-refractivity contribution in [2.24, 2.45) is 5.92 Å². The molecule has 4 fully saturated rings.